The average molecular weight is 392 g/mol. The zero-order valence-corrected chi connectivity index (χ0v) is 16.6. The molecule has 0 saturated carbocycles. The van der Waals surface area contributed by atoms with Gasteiger partial charge in [0.05, 0.1) is 10.2 Å². The first-order valence-corrected chi connectivity index (χ1v) is 9.99. The van der Waals surface area contributed by atoms with Gasteiger partial charge in [0.2, 0.25) is 0 Å². The summed E-state index contributed by atoms with van der Waals surface area (Å²) in [5.74, 6) is -0.407. The molecule has 0 saturated heterocycles. The number of carbonyl (C=O) groups excluding carboxylic acids is 1. The lowest BCUT2D eigenvalue weighted by Gasteiger charge is -2.11. The SMILES string of the molecule is Cc1ccc(Cn2c(C(=O)NCc3ccc(F)cc3)cc3sc(C)cc32)cc1. The Morgan fingerprint density at radius 2 is 1.68 bits per heavy atom. The van der Waals surface area contributed by atoms with E-state index in [4.69, 9.17) is 0 Å². The van der Waals surface area contributed by atoms with Crippen molar-refractivity contribution in [3.8, 4) is 0 Å². The van der Waals surface area contributed by atoms with Gasteiger partial charge in [0.1, 0.15) is 11.5 Å². The monoisotopic (exact) mass is 392 g/mol. The van der Waals surface area contributed by atoms with Gasteiger partial charge in [-0.15, -0.1) is 11.3 Å². The molecule has 0 spiro atoms. The van der Waals surface area contributed by atoms with Crippen molar-refractivity contribution in [2.45, 2.75) is 26.9 Å². The van der Waals surface area contributed by atoms with Gasteiger partial charge in [0.25, 0.3) is 5.91 Å². The van der Waals surface area contributed by atoms with Crippen LogP contribution >= 0.6 is 11.3 Å². The number of nitrogens with zero attached hydrogens (tertiary/aromatic N) is 1. The van der Waals surface area contributed by atoms with Gasteiger partial charge < -0.3 is 9.88 Å². The summed E-state index contributed by atoms with van der Waals surface area (Å²) in [6.45, 7) is 5.14. The number of benzene rings is 2. The molecule has 0 fully saturated rings. The molecule has 2 aromatic heterocycles. The van der Waals surface area contributed by atoms with Crippen molar-refractivity contribution in [2.75, 3.05) is 0 Å². The summed E-state index contributed by atoms with van der Waals surface area (Å²) in [6.07, 6.45) is 0. The van der Waals surface area contributed by atoms with Gasteiger partial charge in [-0.05, 0) is 49.2 Å². The third-order valence-electron chi connectivity index (χ3n) is 4.77. The zero-order valence-electron chi connectivity index (χ0n) is 15.8. The predicted octanol–water partition coefficient (Wildman–Crippen LogP) is 5.44. The lowest BCUT2D eigenvalue weighted by Crippen LogP contribution is -2.25. The molecule has 28 heavy (non-hydrogen) atoms. The maximum Gasteiger partial charge on any atom is 0.268 e. The van der Waals surface area contributed by atoms with Gasteiger partial charge in [-0.2, -0.15) is 0 Å². The molecule has 0 unspecified atom stereocenters. The maximum absolute atomic E-state index is 13.1. The number of carbonyl (C=O) groups is 1. The van der Waals surface area contributed by atoms with Gasteiger partial charge >= 0.3 is 0 Å². The van der Waals surface area contributed by atoms with Crippen LogP contribution in [-0.4, -0.2) is 10.5 Å². The fourth-order valence-electron chi connectivity index (χ4n) is 3.27. The van der Waals surface area contributed by atoms with E-state index in [-0.39, 0.29) is 11.7 Å². The molecule has 0 aliphatic rings. The highest BCUT2D eigenvalue weighted by atomic mass is 32.1. The molecule has 5 heteroatoms. The second-order valence-corrected chi connectivity index (χ2v) is 8.30. The molecule has 1 N–H and O–H groups in total. The smallest absolute Gasteiger partial charge is 0.268 e. The molecule has 2 aromatic carbocycles. The second kappa shape index (κ2) is 7.60. The van der Waals surface area contributed by atoms with Crippen molar-refractivity contribution < 1.29 is 9.18 Å². The minimum absolute atomic E-state index is 0.127. The lowest BCUT2D eigenvalue weighted by atomic mass is 10.1. The van der Waals surface area contributed by atoms with Crippen LogP contribution in [0.3, 0.4) is 0 Å². The number of thiophene rings is 1. The van der Waals surface area contributed by atoms with Crippen LogP contribution in [0.1, 0.15) is 32.1 Å². The van der Waals surface area contributed by atoms with Crippen LogP contribution in [0, 0.1) is 19.7 Å². The van der Waals surface area contributed by atoms with E-state index >= 15 is 0 Å². The van der Waals surface area contributed by atoms with Crippen molar-refractivity contribution in [3.63, 3.8) is 0 Å². The first kappa shape index (κ1) is 18.4. The van der Waals surface area contributed by atoms with E-state index in [9.17, 15) is 9.18 Å². The second-order valence-electron chi connectivity index (χ2n) is 7.02. The van der Waals surface area contributed by atoms with Gasteiger partial charge in [-0.25, -0.2) is 4.39 Å². The summed E-state index contributed by atoms with van der Waals surface area (Å²) in [7, 11) is 0. The normalized spacial score (nSPS) is 11.1. The van der Waals surface area contributed by atoms with Gasteiger partial charge in [-0.3, -0.25) is 4.79 Å². The molecular weight excluding hydrogens is 371 g/mol. The summed E-state index contributed by atoms with van der Waals surface area (Å²) in [4.78, 5) is 14.1. The minimum Gasteiger partial charge on any atom is -0.347 e. The van der Waals surface area contributed by atoms with Crippen LogP contribution in [0.4, 0.5) is 4.39 Å². The minimum atomic E-state index is -0.280. The number of amides is 1. The van der Waals surface area contributed by atoms with E-state index in [1.54, 1.807) is 23.5 Å². The topological polar surface area (TPSA) is 34.0 Å². The highest BCUT2D eigenvalue weighted by molar-refractivity contribution is 7.19. The number of nitrogens with one attached hydrogen (secondary N) is 1. The van der Waals surface area contributed by atoms with Crippen LogP contribution in [0.2, 0.25) is 0 Å². The van der Waals surface area contributed by atoms with E-state index in [0.717, 1.165) is 21.3 Å². The molecule has 0 radical (unpaired) electrons. The summed E-state index contributed by atoms with van der Waals surface area (Å²) in [6, 6.07) is 18.6. The number of fused-ring (bicyclic) bond motifs is 1. The van der Waals surface area contributed by atoms with Crippen molar-refractivity contribution in [2.24, 2.45) is 0 Å². The van der Waals surface area contributed by atoms with Crippen molar-refractivity contribution in [3.05, 3.63) is 93.7 Å². The first-order valence-electron chi connectivity index (χ1n) is 9.17. The molecule has 0 aliphatic carbocycles. The molecule has 142 valence electrons. The quantitative estimate of drug-likeness (QED) is 0.482. The van der Waals surface area contributed by atoms with Gasteiger partial charge in [0, 0.05) is 18.0 Å². The van der Waals surface area contributed by atoms with Crippen molar-refractivity contribution in [1.82, 2.24) is 9.88 Å². The van der Waals surface area contributed by atoms with Crippen molar-refractivity contribution >= 4 is 27.5 Å². The van der Waals surface area contributed by atoms with Crippen LogP contribution in [0.25, 0.3) is 10.2 Å². The number of rotatable bonds is 5. The Hall–Kier alpha value is -2.92. The number of aryl methyl sites for hydroxylation is 2. The van der Waals surface area contributed by atoms with Gasteiger partial charge in [0.15, 0.2) is 0 Å². The zero-order chi connectivity index (χ0) is 19.7. The van der Waals surface area contributed by atoms with Crippen LogP contribution in [-0.2, 0) is 13.1 Å². The number of aromatic nitrogens is 1. The van der Waals surface area contributed by atoms with E-state index in [2.05, 4.69) is 54.1 Å². The largest absolute Gasteiger partial charge is 0.347 e. The molecule has 4 rings (SSSR count). The molecule has 0 aliphatic heterocycles. The number of hydrogen-bond acceptors (Lipinski definition) is 2. The van der Waals surface area contributed by atoms with Crippen LogP contribution in [0.15, 0.2) is 60.7 Å². The lowest BCUT2D eigenvalue weighted by molar-refractivity contribution is 0.0942. The summed E-state index contributed by atoms with van der Waals surface area (Å²) >= 11 is 1.69. The molecule has 4 aromatic rings. The molecule has 0 bridgehead atoms. The molecule has 0 atom stereocenters. The Labute approximate surface area is 167 Å². The fourth-order valence-corrected chi connectivity index (χ4v) is 4.24. The summed E-state index contributed by atoms with van der Waals surface area (Å²) in [5.41, 5.74) is 4.95. The standard InChI is InChI=1S/C23H21FN2OS/c1-15-3-5-18(6-4-15)14-26-20-11-16(2)28-22(20)12-21(26)23(27)25-13-17-7-9-19(24)10-8-17/h3-12H,13-14H2,1-2H3,(H,25,27). The Morgan fingerprint density at radius 3 is 2.39 bits per heavy atom. The van der Waals surface area contributed by atoms with Gasteiger partial charge in [-0.1, -0.05) is 42.0 Å². The highest BCUT2D eigenvalue weighted by Crippen LogP contribution is 2.29. The molecular formula is C23H21FN2OS. The first-order chi connectivity index (χ1) is 13.5. The van der Waals surface area contributed by atoms with Crippen LogP contribution < -0.4 is 5.32 Å². The van der Waals surface area contributed by atoms with Crippen molar-refractivity contribution in [1.29, 1.82) is 0 Å². The van der Waals surface area contributed by atoms with E-state index in [0.29, 0.717) is 18.8 Å². The van der Waals surface area contributed by atoms with E-state index < -0.39 is 0 Å². The Bertz CT molecular complexity index is 1120. The van der Waals surface area contributed by atoms with E-state index in [1.807, 2.05) is 6.07 Å². The Kier molecular flexibility index (Phi) is 5.01. The predicted molar refractivity (Wildman–Crippen MR) is 112 cm³/mol. The fraction of sp³-hybridized carbons (Fsp3) is 0.174. The molecule has 1 amide bonds. The average Bonchev–Trinajstić information content (AvgIpc) is 3.20. The molecule has 3 nitrogen and oxygen atoms in total. The van der Waals surface area contributed by atoms with E-state index in [1.165, 1.54) is 22.6 Å². The maximum atomic E-state index is 13.1. The highest BCUT2D eigenvalue weighted by Gasteiger charge is 2.17. The molecule has 2 heterocycles. The third-order valence-corrected chi connectivity index (χ3v) is 5.76. The number of hydrogen-bond donors (Lipinski definition) is 1. The Morgan fingerprint density at radius 1 is 1.00 bits per heavy atom. The summed E-state index contributed by atoms with van der Waals surface area (Å²) < 4.78 is 16.2. The third kappa shape index (κ3) is 3.85. The summed E-state index contributed by atoms with van der Waals surface area (Å²) in [5, 5.41) is 2.96. The Balaban J connectivity index is 1.61. The number of halogens is 1. The van der Waals surface area contributed by atoms with Crippen LogP contribution in [0.5, 0.6) is 0 Å².